The molecule has 0 atom stereocenters. The van der Waals surface area contributed by atoms with Gasteiger partial charge in [-0.2, -0.15) is 0 Å². The number of benzene rings is 2. The monoisotopic (exact) mass is 288 g/mol. The molecule has 2 aromatic carbocycles. The van der Waals surface area contributed by atoms with Gasteiger partial charge in [0.2, 0.25) is 0 Å². The summed E-state index contributed by atoms with van der Waals surface area (Å²) in [5.41, 5.74) is 0.906. The molecule has 0 spiro atoms. The van der Waals surface area contributed by atoms with Crippen LogP contribution in [-0.2, 0) is 0 Å². The molecule has 0 aliphatic carbocycles. The molecule has 0 aromatic heterocycles. The zero-order chi connectivity index (χ0) is 15.1. The quantitative estimate of drug-likeness (QED) is 0.481. The molecule has 6 heteroatoms. The van der Waals surface area contributed by atoms with E-state index in [4.69, 9.17) is 9.47 Å². The molecule has 2 rings (SSSR count). The average Bonchev–Trinajstić information content (AvgIpc) is 2.52. The van der Waals surface area contributed by atoms with Crippen LogP contribution in [0.4, 0.5) is 11.4 Å². The Labute approximate surface area is 122 Å². The molecule has 0 aliphatic rings. The highest BCUT2D eigenvalue weighted by atomic mass is 16.6. The summed E-state index contributed by atoms with van der Waals surface area (Å²) in [5.74, 6) is 1.07. The summed E-state index contributed by atoms with van der Waals surface area (Å²) < 4.78 is 10.5. The van der Waals surface area contributed by atoms with Gasteiger partial charge in [0.15, 0.2) is 5.75 Å². The van der Waals surface area contributed by atoms with Crippen LogP contribution in [0.3, 0.4) is 0 Å². The number of nitrogens with one attached hydrogen (secondary N) is 1. The molecule has 0 amide bonds. The molecule has 21 heavy (non-hydrogen) atoms. The van der Waals surface area contributed by atoms with Crippen molar-refractivity contribution in [3.05, 3.63) is 58.6 Å². The number of hydrogen-bond donors (Lipinski definition) is 1. The standard InChI is InChI=1S/C15H16N2O4/c1-20-13-8-6-12(7-9-13)16-10-11-21-15-5-3-2-4-14(15)17(18)19/h2-9,16H,10-11H2,1H3. The predicted molar refractivity (Wildman–Crippen MR) is 80.1 cm³/mol. The van der Waals surface area contributed by atoms with E-state index in [9.17, 15) is 10.1 Å². The van der Waals surface area contributed by atoms with Crippen LogP contribution in [0.1, 0.15) is 0 Å². The molecule has 0 bridgehead atoms. The summed E-state index contributed by atoms with van der Waals surface area (Å²) in [6, 6.07) is 13.8. The maximum Gasteiger partial charge on any atom is 0.310 e. The summed E-state index contributed by atoms with van der Waals surface area (Å²) in [7, 11) is 1.61. The fraction of sp³-hybridized carbons (Fsp3) is 0.200. The topological polar surface area (TPSA) is 73.6 Å². The second kappa shape index (κ2) is 7.14. The molecule has 0 saturated heterocycles. The molecular weight excluding hydrogens is 272 g/mol. The highest BCUT2D eigenvalue weighted by molar-refractivity contribution is 5.47. The molecule has 0 aliphatic heterocycles. The van der Waals surface area contributed by atoms with Crippen LogP contribution < -0.4 is 14.8 Å². The van der Waals surface area contributed by atoms with Crippen molar-refractivity contribution in [2.75, 3.05) is 25.6 Å². The highest BCUT2D eigenvalue weighted by Crippen LogP contribution is 2.25. The Morgan fingerprint density at radius 1 is 1.14 bits per heavy atom. The van der Waals surface area contributed by atoms with Crippen LogP contribution in [-0.4, -0.2) is 25.2 Å². The van der Waals surface area contributed by atoms with E-state index in [1.165, 1.54) is 6.07 Å². The minimum Gasteiger partial charge on any atom is -0.497 e. The minimum absolute atomic E-state index is 0.0260. The number of para-hydroxylation sites is 2. The Morgan fingerprint density at radius 2 is 1.86 bits per heavy atom. The van der Waals surface area contributed by atoms with Crippen molar-refractivity contribution in [1.29, 1.82) is 0 Å². The van der Waals surface area contributed by atoms with Crippen molar-refractivity contribution < 1.29 is 14.4 Å². The molecular formula is C15H16N2O4. The van der Waals surface area contributed by atoms with Crippen molar-refractivity contribution in [3.8, 4) is 11.5 Å². The molecule has 110 valence electrons. The third-order valence-electron chi connectivity index (χ3n) is 2.84. The van der Waals surface area contributed by atoms with Crippen molar-refractivity contribution in [2.45, 2.75) is 0 Å². The summed E-state index contributed by atoms with van der Waals surface area (Å²) in [5, 5.41) is 14.0. The first-order valence-corrected chi connectivity index (χ1v) is 6.45. The number of ether oxygens (including phenoxy) is 2. The van der Waals surface area contributed by atoms with Crippen molar-refractivity contribution in [1.82, 2.24) is 0 Å². The van der Waals surface area contributed by atoms with Gasteiger partial charge < -0.3 is 14.8 Å². The van der Waals surface area contributed by atoms with Gasteiger partial charge in [-0.1, -0.05) is 12.1 Å². The van der Waals surface area contributed by atoms with Gasteiger partial charge in [0.05, 0.1) is 12.0 Å². The Balaban J connectivity index is 1.83. The van der Waals surface area contributed by atoms with Crippen LogP contribution in [0, 0.1) is 10.1 Å². The first-order valence-electron chi connectivity index (χ1n) is 6.45. The van der Waals surface area contributed by atoms with Gasteiger partial charge in [0.25, 0.3) is 0 Å². The largest absolute Gasteiger partial charge is 0.497 e. The number of nitro benzene ring substituents is 1. The lowest BCUT2D eigenvalue weighted by Crippen LogP contribution is -2.12. The van der Waals surface area contributed by atoms with Crippen molar-refractivity contribution in [2.24, 2.45) is 0 Å². The van der Waals surface area contributed by atoms with Gasteiger partial charge in [-0.3, -0.25) is 10.1 Å². The van der Waals surface area contributed by atoms with Gasteiger partial charge in [-0.05, 0) is 30.3 Å². The van der Waals surface area contributed by atoms with E-state index >= 15 is 0 Å². The maximum atomic E-state index is 10.8. The smallest absolute Gasteiger partial charge is 0.310 e. The molecule has 0 radical (unpaired) electrons. The number of nitro groups is 1. The molecule has 1 N–H and O–H groups in total. The van der Waals surface area contributed by atoms with Gasteiger partial charge in [-0.15, -0.1) is 0 Å². The minimum atomic E-state index is -0.452. The molecule has 0 unspecified atom stereocenters. The van der Waals surface area contributed by atoms with Gasteiger partial charge >= 0.3 is 5.69 Å². The molecule has 0 fully saturated rings. The summed E-state index contributed by atoms with van der Waals surface area (Å²) >= 11 is 0. The summed E-state index contributed by atoms with van der Waals surface area (Å²) in [6.07, 6.45) is 0. The van der Waals surface area contributed by atoms with Gasteiger partial charge in [-0.25, -0.2) is 0 Å². The lowest BCUT2D eigenvalue weighted by atomic mass is 10.3. The van der Waals surface area contributed by atoms with Gasteiger partial charge in [0, 0.05) is 18.3 Å². The number of rotatable bonds is 7. The SMILES string of the molecule is COc1ccc(NCCOc2ccccc2[N+](=O)[O-])cc1. The highest BCUT2D eigenvalue weighted by Gasteiger charge is 2.12. The fourth-order valence-electron chi connectivity index (χ4n) is 1.80. The number of nitrogens with zero attached hydrogens (tertiary/aromatic N) is 1. The van der Waals surface area contributed by atoms with E-state index in [0.29, 0.717) is 13.2 Å². The zero-order valence-electron chi connectivity index (χ0n) is 11.6. The zero-order valence-corrected chi connectivity index (χ0v) is 11.6. The van der Waals surface area contributed by atoms with Crippen LogP contribution >= 0.6 is 0 Å². The predicted octanol–water partition coefficient (Wildman–Crippen LogP) is 3.09. The third-order valence-corrected chi connectivity index (χ3v) is 2.84. The average molecular weight is 288 g/mol. The van der Waals surface area contributed by atoms with E-state index in [1.54, 1.807) is 25.3 Å². The second-order valence-electron chi connectivity index (χ2n) is 4.23. The van der Waals surface area contributed by atoms with Gasteiger partial charge in [0.1, 0.15) is 12.4 Å². The molecule has 2 aromatic rings. The van der Waals surface area contributed by atoms with E-state index in [-0.39, 0.29) is 11.4 Å². The van der Waals surface area contributed by atoms with Crippen LogP contribution in [0.2, 0.25) is 0 Å². The Kier molecular flexibility index (Phi) is 4.98. The lowest BCUT2D eigenvalue weighted by Gasteiger charge is -2.09. The summed E-state index contributed by atoms with van der Waals surface area (Å²) in [6.45, 7) is 0.870. The fourth-order valence-corrected chi connectivity index (χ4v) is 1.80. The third kappa shape index (κ3) is 4.10. The van der Waals surface area contributed by atoms with Crippen molar-refractivity contribution >= 4 is 11.4 Å². The van der Waals surface area contributed by atoms with E-state index < -0.39 is 4.92 Å². The normalized spacial score (nSPS) is 9.95. The Morgan fingerprint density at radius 3 is 2.52 bits per heavy atom. The van der Waals surface area contributed by atoms with Crippen LogP contribution in [0.25, 0.3) is 0 Å². The first-order chi connectivity index (χ1) is 10.2. The van der Waals surface area contributed by atoms with E-state index in [2.05, 4.69) is 5.32 Å². The lowest BCUT2D eigenvalue weighted by molar-refractivity contribution is -0.385. The second-order valence-corrected chi connectivity index (χ2v) is 4.23. The Bertz CT molecular complexity index is 599. The molecule has 0 heterocycles. The number of methoxy groups -OCH3 is 1. The van der Waals surface area contributed by atoms with E-state index in [0.717, 1.165) is 11.4 Å². The summed E-state index contributed by atoms with van der Waals surface area (Å²) in [4.78, 5) is 10.4. The maximum absolute atomic E-state index is 10.8. The first kappa shape index (κ1) is 14.6. The number of anilines is 1. The van der Waals surface area contributed by atoms with Crippen molar-refractivity contribution in [3.63, 3.8) is 0 Å². The molecule has 6 nitrogen and oxygen atoms in total. The molecule has 0 saturated carbocycles. The van der Waals surface area contributed by atoms with Crippen LogP contribution in [0.5, 0.6) is 11.5 Å². The van der Waals surface area contributed by atoms with E-state index in [1.807, 2.05) is 24.3 Å². The number of hydrogen-bond acceptors (Lipinski definition) is 5. The Hall–Kier alpha value is -2.76. The van der Waals surface area contributed by atoms with Crippen LogP contribution in [0.15, 0.2) is 48.5 Å².